The van der Waals surface area contributed by atoms with Crippen LogP contribution in [0.15, 0.2) is 42.5 Å². The van der Waals surface area contributed by atoms with Gasteiger partial charge in [0.2, 0.25) is 0 Å². The Morgan fingerprint density at radius 3 is 2.57 bits per heavy atom. The molecule has 0 spiro atoms. The quantitative estimate of drug-likeness (QED) is 0.427. The van der Waals surface area contributed by atoms with Gasteiger partial charge in [-0.05, 0) is 57.7 Å². The largest absolute Gasteiger partial charge is 1.00 e. The first-order valence-corrected chi connectivity index (χ1v) is 11.5. The van der Waals surface area contributed by atoms with E-state index in [2.05, 4.69) is 17.9 Å². The summed E-state index contributed by atoms with van der Waals surface area (Å²) < 4.78 is 2.11. The summed E-state index contributed by atoms with van der Waals surface area (Å²) in [5.41, 5.74) is 2.11. The molecule has 0 unspecified atom stereocenters. The lowest BCUT2D eigenvalue weighted by Crippen LogP contribution is -3.00. The number of rotatable bonds is 6. The number of benzene rings is 2. The molecule has 4 rings (SSSR count). The summed E-state index contributed by atoms with van der Waals surface area (Å²) in [5, 5.41) is 2.18. The summed E-state index contributed by atoms with van der Waals surface area (Å²) in [4.78, 5) is 22.8. The fraction of sp³-hybridized carbons (Fsp3) is 0.273. The number of hydrogen-bond acceptors (Lipinski definition) is 5. The molecule has 2 heterocycles. The fourth-order valence-electron chi connectivity index (χ4n) is 3.24. The van der Waals surface area contributed by atoms with E-state index in [1.165, 1.54) is 16.9 Å². The Balaban J connectivity index is 0.00000256. The number of carbonyl (C=O) groups excluding carboxylic acids is 1. The molecular weight excluding hydrogens is 457 g/mol. The van der Waals surface area contributed by atoms with Crippen molar-refractivity contribution in [1.82, 2.24) is 9.88 Å². The van der Waals surface area contributed by atoms with E-state index in [0.29, 0.717) is 16.4 Å². The lowest BCUT2D eigenvalue weighted by atomic mass is 10.2. The van der Waals surface area contributed by atoms with Crippen molar-refractivity contribution in [2.75, 3.05) is 32.1 Å². The standard InChI is InChI=1S/C22H22ClN3OS2.ClH/c1-14-9-10-16-18(13-14)29-22(24-16)26(12-6-11-25(2)3)21(27)20-19(23)15-7-4-5-8-17(15)28-20;/h4-5,7-10,13H,6,11-12H2,1-3H3;1H/p-1. The average molecular weight is 479 g/mol. The number of thiazole rings is 1. The number of aromatic nitrogens is 1. The van der Waals surface area contributed by atoms with E-state index in [0.717, 1.165) is 38.4 Å². The van der Waals surface area contributed by atoms with Crippen LogP contribution in [0.25, 0.3) is 20.3 Å². The minimum atomic E-state index is -0.0780. The summed E-state index contributed by atoms with van der Waals surface area (Å²) in [7, 11) is 4.07. The molecule has 0 saturated heterocycles. The van der Waals surface area contributed by atoms with Gasteiger partial charge in [-0.25, -0.2) is 4.98 Å². The Hall–Kier alpha value is -1.70. The first-order chi connectivity index (χ1) is 13.9. The molecule has 8 heteroatoms. The predicted octanol–water partition coefficient (Wildman–Crippen LogP) is 3.08. The number of hydrogen-bond donors (Lipinski definition) is 0. The second kappa shape index (κ2) is 9.62. The third-order valence-corrected chi connectivity index (χ3v) is 7.43. The Morgan fingerprint density at radius 2 is 1.83 bits per heavy atom. The maximum Gasteiger partial charge on any atom is 0.271 e. The third-order valence-electron chi connectivity index (χ3n) is 4.72. The zero-order chi connectivity index (χ0) is 20.5. The van der Waals surface area contributed by atoms with Crippen molar-refractivity contribution in [3.63, 3.8) is 0 Å². The molecule has 30 heavy (non-hydrogen) atoms. The predicted molar refractivity (Wildman–Crippen MR) is 126 cm³/mol. The van der Waals surface area contributed by atoms with Crippen LogP contribution in [0.2, 0.25) is 5.02 Å². The van der Waals surface area contributed by atoms with E-state index in [1.807, 2.05) is 50.5 Å². The molecule has 2 aromatic heterocycles. The van der Waals surface area contributed by atoms with Crippen molar-refractivity contribution in [3.05, 3.63) is 57.9 Å². The van der Waals surface area contributed by atoms with Crippen molar-refractivity contribution < 1.29 is 17.2 Å². The van der Waals surface area contributed by atoms with E-state index in [9.17, 15) is 4.79 Å². The molecule has 0 bridgehead atoms. The number of nitrogens with zero attached hydrogens (tertiary/aromatic N) is 3. The second-order valence-electron chi connectivity index (χ2n) is 7.32. The van der Waals surface area contributed by atoms with Crippen molar-refractivity contribution in [3.8, 4) is 0 Å². The number of thiophene rings is 1. The van der Waals surface area contributed by atoms with Gasteiger partial charge in [0.1, 0.15) is 4.88 Å². The molecule has 0 radical (unpaired) electrons. The molecule has 0 N–H and O–H groups in total. The van der Waals surface area contributed by atoms with Gasteiger partial charge in [-0.15, -0.1) is 11.3 Å². The molecule has 0 aliphatic heterocycles. The highest BCUT2D eigenvalue weighted by Crippen LogP contribution is 2.38. The summed E-state index contributed by atoms with van der Waals surface area (Å²) in [6.07, 6.45) is 0.857. The fourth-order valence-corrected chi connectivity index (χ4v) is 5.79. The van der Waals surface area contributed by atoms with E-state index in [1.54, 1.807) is 16.2 Å². The van der Waals surface area contributed by atoms with Gasteiger partial charge in [0.25, 0.3) is 5.91 Å². The van der Waals surface area contributed by atoms with Crippen LogP contribution in [-0.2, 0) is 0 Å². The highest BCUT2D eigenvalue weighted by Gasteiger charge is 2.26. The maximum atomic E-state index is 13.6. The monoisotopic (exact) mass is 478 g/mol. The van der Waals surface area contributed by atoms with Crippen LogP contribution < -0.4 is 17.3 Å². The van der Waals surface area contributed by atoms with Crippen molar-refractivity contribution in [2.45, 2.75) is 13.3 Å². The highest BCUT2D eigenvalue weighted by molar-refractivity contribution is 7.23. The molecule has 0 fully saturated rings. The minimum Gasteiger partial charge on any atom is -1.00 e. The molecule has 158 valence electrons. The molecule has 0 saturated carbocycles. The molecule has 1 amide bonds. The first kappa shape index (κ1) is 23.0. The first-order valence-electron chi connectivity index (χ1n) is 9.45. The molecule has 4 aromatic rings. The van der Waals surface area contributed by atoms with Gasteiger partial charge in [-0.3, -0.25) is 9.69 Å². The van der Waals surface area contributed by atoms with Gasteiger partial charge in [-0.1, -0.05) is 47.2 Å². The van der Waals surface area contributed by atoms with Gasteiger partial charge in [0.15, 0.2) is 5.13 Å². The van der Waals surface area contributed by atoms with Gasteiger partial charge in [0, 0.05) is 16.6 Å². The number of aryl methyl sites for hydroxylation is 1. The van der Waals surface area contributed by atoms with Gasteiger partial charge >= 0.3 is 0 Å². The average Bonchev–Trinajstić information content (AvgIpc) is 3.25. The van der Waals surface area contributed by atoms with E-state index >= 15 is 0 Å². The topological polar surface area (TPSA) is 36.4 Å². The van der Waals surface area contributed by atoms with Crippen LogP contribution in [0, 0.1) is 6.92 Å². The SMILES string of the molecule is Cc1ccc2nc(N(CCCN(C)C)C(=O)c3sc4ccccc4c3Cl)sc2c1.[Cl-]. The lowest BCUT2D eigenvalue weighted by molar-refractivity contribution is -0.0000134. The normalized spacial score (nSPS) is 11.2. The van der Waals surface area contributed by atoms with Gasteiger partial charge in [-0.2, -0.15) is 0 Å². The van der Waals surface area contributed by atoms with Crippen LogP contribution in [-0.4, -0.2) is 43.0 Å². The van der Waals surface area contributed by atoms with Gasteiger partial charge < -0.3 is 17.3 Å². The number of fused-ring (bicyclic) bond motifs is 2. The number of anilines is 1. The summed E-state index contributed by atoms with van der Waals surface area (Å²) in [6.45, 7) is 3.56. The van der Waals surface area contributed by atoms with E-state index in [-0.39, 0.29) is 18.3 Å². The number of halogens is 2. The van der Waals surface area contributed by atoms with E-state index in [4.69, 9.17) is 16.6 Å². The summed E-state index contributed by atoms with van der Waals surface area (Å²) in [6, 6.07) is 14.0. The zero-order valence-electron chi connectivity index (χ0n) is 17.0. The molecule has 4 nitrogen and oxygen atoms in total. The smallest absolute Gasteiger partial charge is 0.271 e. The molecule has 0 aliphatic carbocycles. The minimum absolute atomic E-state index is 0. The van der Waals surface area contributed by atoms with E-state index < -0.39 is 0 Å². The molecule has 0 atom stereocenters. The highest BCUT2D eigenvalue weighted by atomic mass is 35.5. The Bertz CT molecular complexity index is 1190. The van der Waals surface area contributed by atoms with Gasteiger partial charge in [0.05, 0.1) is 15.2 Å². The van der Waals surface area contributed by atoms with Crippen LogP contribution in [0.4, 0.5) is 5.13 Å². The third kappa shape index (κ3) is 4.63. The lowest BCUT2D eigenvalue weighted by Gasteiger charge is -2.20. The summed E-state index contributed by atoms with van der Waals surface area (Å²) in [5.74, 6) is -0.0780. The molecule has 2 aromatic carbocycles. The summed E-state index contributed by atoms with van der Waals surface area (Å²) >= 11 is 9.61. The maximum absolute atomic E-state index is 13.6. The van der Waals surface area contributed by atoms with Crippen molar-refractivity contribution in [1.29, 1.82) is 0 Å². The second-order valence-corrected chi connectivity index (χ2v) is 9.76. The van der Waals surface area contributed by atoms with Crippen LogP contribution in [0.1, 0.15) is 21.7 Å². The Labute approximate surface area is 195 Å². The molecule has 0 aliphatic rings. The van der Waals surface area contributed by atoms with Crippen molar-refractivity contribution >= 4 is 65.6 Å². The van der Waals surface area contributed by atoms with Crippen molar-refractivity contribution in [2.24, 2.45) is 0 Å². The van der Waals surface area contributed by atoms with Crippen LogP contribution in [0.3, 0.4) is 0 Å². The zero-order valence-corrected chi connectivity index (χ0v) is 20.1. The Kier molecular flexibility index (Phi) is 7.37. The number of carbonyl (C=O) groups is 1. The number of amides is 1. The Morgan fingerprint density at radius 1 is 1.07 bits per heavy atom. The molecular formula is C22H22Cl2N3OS2-. The van der Waals surface area contributed by atoms with Crippen LogP contribution >= 0.6 is 34.3 Å². The van der Waals surface area contributed by atoms with Crippen LogP contribution in [0.5, 0.6) is 0 Å².